The number of nitrogens with two attached hydrogens (primary N) is 1. The lowest BCUT2D eigenvalue weighted by atomic mass is 10.1. The molecule has 0 saturated carbocycles. The maximum absolute atomic E-state index is 14.0. The average molecular weight is 547 g/mol. The number of nitrogens with zero attached hydrogens (tertiary/aromatic N) is 5. The van der Waals surface area contributed by atoms with Crippen LogP contribution >= 0.6 is 0 Å². The predicted molar refractivity (Wildman–Crippen MR) is 151 cm³/mol. The molecule has 2 aromatic heterocycles. The molecule has 0 bridgehead atoms. The number of aromatic nitrogens is 4. The van der Waals surface area contributed by atoms with Crippen LogP contribution in [0.1, 0.15) is 45.2 Å². The number of nitrogen functional groups attached to an aromatic ring is 1. The Labute approximate surface area is 232 Å². The van der Waals surface area contributed by atoms with E-state index in [2.05, 4.69) is 9.97 Å². The van der Waals surface area contributed by atoms with E-state index in [4.69, 9.17) is 19.9 Å². The van der Waals surface area contributed by atoms with Crippen LogP contribution in [0.5, 0.6) is 17.2 Å². The van der Waals surface area contributed by atoms with Crippen LogP contribution in [0.15, 0.2) is 53.6 Å². The second-order valence-corrected chi connectivity index (χ2v) is 10.9. The highest BCUT2D eigenvalue weighted by Crippen LogP contribution is 2.35. The SMILES string of the molecule is COc1cc(-n2c(=O)n(C3CCN(C(=O)OC(C)(C)C)CC3)c3ncnc(N)c32)ccc1Oc1ccc(C)cc1. The van der Waals surface area contributed by atoms with Crippen LogP contribution in [0.4, 0.5) is 10.6 Å². The Morgan fingerprint density at radius 1 is 1.02 bits per heavy atom. The Morgan fingerprint density at radius 3 is 2.38 bits per heavy atom. The number of likely N-dealkylation sites (tertiary alicyclic amines) is 1. The van der Waals surface area contributed by atoms with E-state index < -0.39 is 5.60 Å². The molecule has 5 rings (SSSR count). The maximum atomic E-state index is 14.0. The minimum Gasteiger partial charge on any atom is -0.493 e. The van der Waals surface area contributed by atoms with E-state index in [-0.39, 0.29) is 23.6 Å². The topological polar surface area (TPSA) is 127 Å². The number of ether oxygens (including phenoxy) is 3. The lowest BCUT2D eigenvalue weighted by Crippen LogP contribution is -2.43. The number of carbonyl (C=O) groups is 1. The van der Waals surface area contributed by atoms with Gasteiger partial charge in [-0.3, -0.25) is 9.13 Å². The lowest BCUT2D eigenvalue weighted by Gasteiger charge is -2.33. The molecule has 0 spiro atoms. The molecule has 40 heavy (non-hydrogen) atoms. The molecule has 3 heterocycles. The van der Waals surface area contributed by atoms with Gasteiger partial charge < -0.3 is 24.8 Å². The molecule has 0 radical (unpaired) electrons. The summed E-state index contributed by atoms with van der Waals surface area (Å²) < 4.78 is 20.3. The summed E-state index contributed by atoms with van der Waals surface area (Å²) in [7, 11) is 1.54. The highest BCUT2D eigenvalue weighted by Gasteiger charge is 2.31. The third-order valence-corrected chi connectivity index (χ3v) is 6.82. The third-order valence-electron chi connectivity index (χ3n) is 6.82. The molecule has 0 atom stereocenters. The van der Waals surface area contributed by atoms with Crippen molar-refractivity contribution in [3.63, 3.8) is 0 Å². The van der Waals surface area contributed by atoms with Gasteiger partial charge in [0.15, 0.2) is 23.0 Å². The van der Waals surface area contributed by atoms with E-state index in [0.29, 0.717) is 60.0 Å². The third kappa shape index (κ3) is 5.31. The number of hydrogen-bond acceptors (Lipinski definition) is 8. The highest BCUT2D eigenvalue weighted by atomic mass is 16.6. The molecule has 1 aliphatic heterocycles. The molecule has 11 heteroatoms. The summed E-state index contributed by atoms with van der Waals surface area (Å²) in [5.74, 6) is 1.81. The molecular weight excluding hydrogens is 512 g/mol. The second-order valence-electron chi connectivity index (χ2n) is 10.9. The number of amides is 1. The molecule has 11 nitrogen and oxygen atoms in total. The molecular formula is C29H34N6O5. The van der Waals surface area contributed by atoms with Crippen molar-refractivity contribution in [2.75, 3.05) is 25.9 Å². The smallest absolute Gasteiger partial charge is 0.410 e. The molecule has 0 aliphatic carbocycles. The van der Waals surface area contributed by atoms with Gasteiger partial charge in [0.05, 0.1) is 12.8 Å². The Morgan fingerprint density at radius 2 is 1.73 bits per heavy atom. The van der Waals surface area contributed by atoms with E-state index in [1.54, 1.807) is 34.8 Å². The average Bonchev–Trinajstić information content (AvgIpc) is 3.22. The Balaban J connectivity index is 1.49. The zero-order chi connectivity index (χ0) is 28.6. The largest absolute Gasteiger partial charge is 0.493 e. The lowest BCUT2D eigenvalue weighted by molar-refractivity contribution is 0.0188. The molecule has 1 amide bonds. The van der Waals surface area contributed by atoms with Crippen LogP contribution in [-0.4, -0.2) is 55.9 Å². The Hall–Kier alpha value is -4.54. The number of imidazole rings is 1. The molecule has 1 saturated heterocycles. The summed E-state index contributed by atoms with van der Waals surface area (Å²) in [6.07, 6.45) is 2.13. The van der Waals surface area contributed by atoms with Crippen molar-refractivity contribution < 1.29 is 19.0 Å². The summed E-state index contributed by atoms with van der Waals surface area (Å²) >= 11 is 0. The minimum absolute atomic E-state index is 0.185. The van der Waals surface area contributed by atoms with Gasteiger partial charge in [-0.2, -0.15) is 0 Å². The second kappa shape index (κ2) is 10.6. The molecule has 4 aromatic rings. The quantitative estimate of drug-likeness (QED) is 0.377. The van der Waals surface area contributed by atoms with Gasteiger partial charge in [0, 0.05) is 25.2 Å². The number of piperidine rings is 1. The fourth-order valence-corrected chi connectivity index (χ4v) is 4.88. The van der Waals surface area contributed by atoms with Gasteiger partial charge in [-0.25, -0.2) is 19.6 Å². The van der Waals surface area contributed by atoms with Crippen molar-refractivity contribution in [1.82, 2.24) is 24.0 Å². The number of benzene rings is 2. The van der Waals surface area contributed by atoms with Gasteiger partial charge in [-0.1, -0.05) is 17.7 Å². The number of anilines is 1. The number of aryl methyl sites for hydroxylation is 1. The summed E-state index contributed by atoms with van der Waals surface area (Å²) in [6.45, 7) is 8.44. The molecule has 210 valence electrons. The molecule has 1 aliphatic rings. The normalized spacial score (nSPS) is 14.4. The maximum Gasteiger partial charge on any atom is 0.410 e. The van der Waals surface area contributed by atoms with Crippen molar-refractivity contribution in [3.05, 3.63) is 64.8 Å². The van der Waals surface area contributed by atoms with Crippen molar-refractivity contribution in [1.29, 1.82) is 0 Å². The van der Waals surface area contributed by atoms with Crippen LogP contribution < -0.4 is 20.9 Å². The molecule has 2 N–H and O–H groups in total. The van der Waals surface area contributed by atoms with Crippen molar-refractivity contribution in [3.8, 4) is 22.9 Å². The van der Waals surface area contributed by atoms with Crippen molar-refractivity contribution in [2.45, 2.75) is 52.2 Å². The molecule has 1 fully saturated rings. The van der Waals surface area contributed by atoms with E-state index in [1.807, 2.05) is 52.0 Å². The summed E-state index contributed by atoms with van der Waals surface area (Å²) in [5, 5.41) is 0. The van der Waals surface area contributed by atoms with Gasteiger partial charge in [0.25, 0.3) is 0 Å². The molecule has 0 unspecified atom stereocenters. The molecule has 2 aromatic carbocycles. The van der Waals surface area contributed by atoms with E-state index in [1.165, 1.54) is 10.9 Å². The fraction of sp³-hybridized carbons (Fsp3) is 0.379. The minimum atomic E-state index is -0.575. The van der Waals surface area contributed by atoms with Crippen LogP contribution in [0.2, 0.25) is 0 Å². The van der Waals surface area contributed by atoms with Crippen LogP contribution in [0.3, 0.4) is 0 Å². The highest BCUT2D eigenvalue weighted by molar-refractivity contribution is 5.84. The van der Waals surface area contributed by atoms with E-state index in [0.717, 1.165) is 5.56 Å². The van der Waals surface area contributed by atoms with Crippen molar-refractivity contribution in [2.24, 2.45) is 0 Å². The van der Waals surface area contributed by atoms with Gasteiger partial charge in [-0.15, -0.1) is 0 Å². The summed E-state index contributed by atoms with van der Waals surface area (Å²) in [4.78, 5) is 36.8. The van der Waals surface area contributed by atoms with Gasteiger partial charge in [0.1, 0.15) is 23.2 Å². The first-order valence-corrected chi connectivity index (χ1v) is 13.2. The predicted octanol–water partition coefficient (Wildman–Crippen LogP) is 4.85. The first-order chi connectivity index (χ1) is 19.1. The van der Waals surface area contributed by atoms with E-state index >= 15 is 0 Å². The number of methoxy groups -OCH3 is 1. The first kappa shape index (κ1) is 27.0. The van der Waals surface area contributed by atoms with Gasteiger partial charge in [-0.05, 0) is 64.8 Å². The van der Waals surface area contributed by atoms with Crippen LogP contribution in [0.25, 0.3) is 16.9 Å². The fourth-order valence-electron chi connectivity index (χ4n) is 4.88. The van der Waals surface area contributed by atoms with E-state index in [9.17, 15) is 9.59 Å². The van der Waals surface area contributed by atoms with Crippen LogP contribution in [-0.2, 0) is 4.74 Å². The Kier molecular flexibility index (Phi) is 7.14. The monoisotopic (exact) mass is 546 g/mol. The number of hydrogen-bond donors (Lipinski definition) is 1. The Bertz CT molecular complexity index is 1590. The van der Waals surface area contributed by atoms with Crippen molar-refractivity contribution >= 4 is 23.1 Å². The number of fused-ring (bicyclic) bond motifs is 1. The number of carbonyl (C=O) groups excluding carboxylic acids is 1. The van der Waals surface area contributed by atoms with Gasteiger partial charge >= 0.3 is 11.8 Å². The zero-order valence-corrected chi connectivity index (χ0v) is 23.4. The van der Waals surface area contributed by atoms with Crippen LogP contribution in [0, 0.1) is 6.92 Å². The first-order valence-electron chi connectivity index (χ1n) is 13.2. The standard InChI is InChI=1S/C29H34N6O5/c1-18-6-9-21(10-7-18)39-22-11-8-20(16-23(22)38-5)34-24-25(30)31-17-32-26(24)35(27(34)36)19-12-14-33(15-13-19)28(37)40-29(2,3)4/h6-11,16-17,19H,12-15H2,1-5H3,(H2,30,31,32). The summed E-state index contributed by atoms with van der Waals surface area (Å²) in [5.41, 5.74) is 7.93. The number of rotatable bonds is 5. The summed E-state index contributed by atoms with van der Waals surface area (Å²) in [6, 6.07) is 12.8. The van der Waals surface area contributed by atoms with Gasteiger partial charge in [0.2, 0.25) is 0 Å². The zero-order valence-electron chi connectivity index (χ0n) is 23.4.